The first-order valence-corrected chi connectivity index (χ1v) is 6.32. The minimum Gasteiger partial charge on any atom is -0.492 e. The summed E-state index contributed by atoms with van der Waals surface area (Å²) in [6.07, 6.45) is -5.31. The molecule has 0 saturated heterocycles. The van der Waals surface area contributed by atoms with Crippen molar-refractivity contribution < 1.29 is 23.1 Å². The molecule has 6 heteroatoms. The number of hydrogen-bond acceptors (Lipinski definition) is 3. The molecule has 2 aromatic rings. The van der Waals surface area contributed by atoms with E-state index in [9.17, 15) is 13.2 Å². The lowest BCUT2D eigenvalue weighted by Gasteiger charge is -2.14. The number of halogens is 3. The molecule has 0 amide bonds. The monoisotopic (exact) mass is 297 g/mol. The highest BCUT2D eigenvalue weighted by Crippen LogP contribution is 2.31. The van der Waals surface area contributed by atoms with E-state index in [1.54, 1.807) is 31.2 Å². The predicted molar refractivity (Wildman–Crippen MR) is 74.1 cm³/mol. The normalized spacial score (nSPS) is 12.7. The van der Waals surface area contributed by atoms with Crippen LogP contribution >= 0.6 is 0 Å². The zero-order valence-corrected chi connectivity index (χ0v) is 11.3. The number of oxime groups is 1. The van der Waals surface area contributed by atoms with Crippen molar-refractivity contribution in [3.05, 3.63) is 42.0 Å². The number of nitrogens with zero attached hydrogens (tertiary/aromatic N) is 1. The van der Waals surface area contributed by atoms with Crippen molar-refractivity contribution >= 4 is 16.5 Å². The summed E-state index contributed by atoms with van der Waals surface area (Å²) in [5.74, 6) is 0.299. The SMILES string of the molecule is CC(=NO)c1ccc2ccccc2c1OCCC(F)(F)F. The van der Waals surface area contributed by atoms with Gasteiger partial charge in [-0.05, 0) is 18.4 Å². The van der Waals surface area contributed by atoms with Gasteiger partial charge in [-0.2, -0.15) is 13.2 Å². The van der Waals surface area contributed by atoms with Crippen LogP contribution in [-0.4, -0.2) is 23.7 Å². The molecule has 0 heterocycles. The third-order valence-electron chi connectivity index (χ3n) is 3.05. The second-order valence-corrected chi connectivity index (χ2v) is 4.56. The van der Waals surface area contributed by atoms with Gasteiger partial charge in [-0.1, -0.05) is 35.5 Å². The summed E-state index contributed by atoms with van der Waals surface area (Å²) in [5.41, 5.74) is 0.751. The number of benzene rings is 2. The van der Waals surface area contributed by atoms with E-state index in [2.05, 4.69) is 5.16 Å². The van der Waals surface area contributed by atoms with Crippen LogP contribution in [0, 0.1) is 0 Å². The quantitative estimate of drug-likeness (QED) is 0.517. The maximum atomic E-state index is 12.3. The standard InChI is InChI=1S/C15H14F3NO2/c1-10(19-20)12-7-6-11-4-2-3-5-13(11)14(12)21-9-8-15(16,17)18/h2-7,20H,8-9H2,1H3. The van der Waals surface area contributed by atoms with Crippen LogP contribution in [0.15, 0.2) is 41.6 Å². The second-order valence-electron chi connectivity index (χ2n) is 4.56. The van der Waals surface area contributed by atoms with Crippen molar-refractivity contribution in [3.8, 4) is 5.75 Å². The van der Waals surface area contributed by atoms with Gasteiger partial charge >= 0.3 is 6.18 Å². The molecule has 2 rings (SSSR count). The molecule has 0 aliphatic rings. The molecule has 21 heavy (non-hydrogen) atoms. The van der Waals surface area contributed by atoms with Crippen molar-refractivity contribution in [1.29, 1.82) is 0 Å². The van der Waals surface area contributed by atoms with E-state index in [1.165, 1.54) is 0 Å². The van der Waals surface area contributed by atoms with Crippen LogP contribution in [0.2, 0.25) is 0 Å². The molecule has 0 aromatic heterocycles. The third-order valence-corrected chi connectivity index (χ3v) is 3.05. The Balaban J connectivity index is 2.41. The fraction of sp³-hybridized carbons (Fsp3) is 0.267. The third kappa shape index (κ3) is 3.65. The maximum absolute atomic E-state index is 12.3. The summed E-state index contributed by atoms with van der Waals surface area (Å²) >= 11 is 0. The number of fused-ring (bicyclic) bond motifs is 1. The predicted octanol–water partition coefficient (Wildman–Crippen LogP) is 4.37. The van der Waals surface area contributed by atoms with Crippen LogP contribution in [0.4, 0.5) is 13.2 Å². The van der Waals surface area contributed by atoms with Crippen LogP contribution < -0.4 is 4.74 Å². The number of hydrogen-bond donors (Lipinski definition) is 1. The zero-order chi connectivity index (χ0) is 15.5. The van der Waals surface area contributed by atoms with Crippen molar-refractivity contribution in [2.75, 3.05) is 6.61 Å². The fourth-order valence-corrected chi connectivity index (χ4v) is 2.01. The van der Waals surface area contributed by atoms with Gasteiger partial charge in [-0.3, -0.25) is 0 Å². The number of rotatable bonds is 4. The van der Waals surface area contributed by atoms with Gasteiger partial charge in [0.05, 0.1) is 18.7 Å². The Bertz CT molecular complexity index is 666. The first-order valence-electron chi connectivity index (χ1n) is 6.32. The largest absolute Gasteiger partial charge is 0.492 e. The Hall–Kier alpha value is -2.24. The topological polar surface area (TPSA) is 41.8 Å². The molecule has 0 unspecified atom stereocenters. The summed E-state index contributed by atoms with van der Waals surface area (Å²) in [6.45, 7) is 1.07. The van der Waals surface area contributed by atoms with Crippen molar-refractivity contribution in [3.63, 3.8) is 0 Å². The Morgan fingerprint density at radius 1 is 1.19 bits per heavy atom. The molecule has 0 aliphatic heterocycles. The maximum Gasteiger partial charge on any atom is 0.392 e. The molecule has 2 aromatic carbocycles. The van der Waals surface area contributed by atoms with Gasteiger partial charge in [0.25, 0.3) is 0 Å². The molecule has 112 valence electrons. The van der Waals surface area contributed by atoms with Crippen LogP contribution in [-0.2, 0) is 0 Å². The molecule has 0 atom stereocenters. The highest BCUT2D eigenvalue weighted by Gasteiger charge is 2.27. The van der Waals surface area contributed by atoms with Gasteiger partial charge in [0.1, 0.15) is 5.75 Å². The van der Waals surface area contributed by atoms with Gasteiger partial charge < -0.3 is 9.94 Å². The first kappa shape index (κ1) is 15.2. The van der Waals surface area contributed by atoms with Crippen LogP contribution in [0.25, 0.3) is 10.8 Å². The van der Waals surface area contributed by atoms with Crippen molar-refractivity contribution in [1.82, 2.24) is 0 Å². The molecule has 3 nitrogen and oxygen atoms in total. The van der Waals surface area contributed by atoms with Gasteiger partial charge in [0.2, 0.25) is 0 Å². The van der Waals surface area contributed by atoms with Gasteiger partial charge in [-0.25, -0.2) is 0 Å². The molecule has 0 fully saturated rings. The van der Waals surface area contributed by atoms with E-state index in [1.807, 2.05) is 12.1 Å². The average molecular weight is 297 g/mol. The van der Waals surface area contributed by atoms with Crippen molar-refractivity contribution in [2.24, 2.45) is 5.16 Å². The smallest absolute Gasteiger partial charge is 0.392 e. The van der Waals surface area contributed by atoms with Gasteiger partial charge in [-0.15, -0.1) is 0 Å². The molecule has 0 saturated carbocycles. The fourth-order valence-electron chi connectivity index (χ4n) is 2.01. The Labute approximate surface area is 119 Å². The van der Waals surface area contributed by atoms with E-state index in [-0.39, 0.29) is 5.71 Å². The highest BCUT2D eigenvalue weighted by atomic mass is 19.4. The lowest BCUT2D eigenvalue weighted by atomic mass is 10.0. The summed E-state index contributed by atoms with van der Waals surface area (Å²) in [6, 6.07) is 10.7. The summed E-state index contributed by atoms with van der Waals surface area (Å²) in [7, 11) is 0. The minimum atomic E-state index is -4.27. The van der Waals surface area contributed by atoms with Crippen LogP contribution in [0.5, 0.6) is 5.75 Å². The first-order chi connectivity index (χ1) is 9.92. The van der Waals surface area contributed by atoms with E-state index in [0.29, 0.717) is 16.7 Å². The molecule has 1 N–H and O–H groups in total. The zero-order valence-electron chi connectivity index (χ0n) is 11.3. The molecular weight excluding hydrogens is 283 g/mol. The van der Waals surface area contributed by atoms with E-state index in [0.717, 1.165) is 5.39 Å². The summed E-state index contributed by atoms with van der Waals surface area (Å²) in [5, 5.41) is 13.5. The molecule has 0 aliphatic carbocycles. The Morgan fingerprint density at radius 3 is 2.57 bits per heavy atom. The van der Waals surface area contributed by atoms with E-state index in [4.69, 9.17) is 9.94 Å². The second kappa shape index (κ2) is 6.03. The summed E-state index contributed by atoms with van der Waals surface area (Å²) < 4.78 is 42.1. The van der Waals surface area contributed by atoms with Crippen LogP contribution in [0.1, 0.15) is 18.9 Å². The van der Waals surface area contributed by atoms with Gasteiger partial charge in [0, 0.05) is 10.9 Å². The molecule has 0 spiro atoms. The molecule has 0 radical (unpaired) electrons. The van der Waals surface area contributed by atoms with E-state index >= 15 is 0 Å². The minimum absolute atomic E-state index is 0.280. The molecular formula is C15H14F3NO2. The summed E-state index contributed by atoms with van der Waals surface area (Å²) in [4.78, 5) is 0. The number of alkyl halides is 3. The molecule has 0 bridgehead atoms. The Morgan fingerprint density at radius 2 is 1.90 bits per heavy atom. The van der Waals surface area contributed by atoms with Gasteiger partial charge in [0.15, 0.2) is 0 Å². The van der Waals surface area contributed by atoms with Crippen molar-refractivity contribution in [2.45, 2.75) is 19.5 Å². The highest BCUT2D eigenvalue weighted by molar-refractivity contribution is 6.06. The lowest BCUT2D eigenvalue weighted by Crippen LogP contribution is -2.14. The lowest BCUT2D eigenvalue weighted by molar-refractivity contribution is -0.139. The average Bonchev–Trinajstić information content (AvgIpc) is 2.45. The van der Waals surface area contributed by atoms with Crippen LogP contribution in [0.3, 0.4) is 0 Å². The number of ether oxygens (including phenoxy) is 1. The van der Waals surface area contributed by atoms with E-state index < -0.39 is 19.2 Å². The Kier molecular flexibility index (Phi) is 4.35.